The summed E-state index contributed by atoms with van der Waals surface area (Å²) in [7, 11) is 0. The maximum atomic E-state index is 12.9. The van der Waals surface area contributed by atoms with Crippen molar-refractivity contribution in [2.24, 2.45) is 0 Å². The van der Waals surface area contributed by atoms with Gasteiger partial charge in [-0.2, -0.15) is 0 Å². The number of carbonyl (C=O) groups excluding carboxylic acids is 3. The fourth-order valence-corrected chi connectivity index (χ4v) is 10.5. The molecule has 0 bridgehead atoms. The summed E-state index contributed by atoms with van der Waals surface area (Å²) >= 11 is 0. The number of allylic oxidation sites excluding steroid dienone is 4. The van der Waals surface area contributed by atoms with Gasteiger partial charge in [-0.1, -0.05) is 340 Å². The average molecular weight is 1070 g/mol. The van der Waals surface area contributed by atoms with Gasteiger partial charge in [-0.25, -0.2) is 0 Å². The van der Waals surface area contributed by atoms with Crippen LogP contribution in [0.2, 0.25) is 0 Å². The van der Waals surface area contributed by atoms with E-state index in [1.807, 2.05) is 0 Å². The Kier molecular flexibility index (Phi) is 63.6. The molecule has 6 heteroatoms. The van der Waals surface area contributed by atoms with E-state index in [9.17, 15) is 14.4 Å². The Bertz CT molecular complexity index is 1230. The summed E-state index contributed by atoms with van der Waals surface area (Å²) < 4.78 is 16.9. The number of esters is 3. The summed E-state index contributed by atoms with van der Waals surface area (Å²) in [5.74, 6) is -0.837. The Morgan fingerprint density at radius 1 is 0.263 bits per heavy atom. The van der Waals surface area contributed by atoms with Gasteiger partial charge in [-0.3, -0.25) is 14.4 Å². The van der Waals surface area contributed by atoms with Crippen molar-refractivity contribution in [3.05, 3.63) is 24.3 Å². The van der Waals surface area contributed by atoms with E-state index in [4.69, 9.17) is 14.2 Å². The standard InChI is InChI=1S/C70H132O6/c1-4-7-10-13-16-19-22-24-26-28-30-32-34-35-37-38-40-42-44-46-48-51-54-57-60-63-69(72)75-66-67(65-74-68(71)62-59-56-53-50-21-18-15-12-9-6-3)76-70(73)64-61-58-55-52-49-47-45-43-41-39-36-33-31-29-27-25-23-20-17-14-11-8-5-2/h22,24,28,30,67H,4-21,23,25-27,29,31-66H2,1-3H3/b24-22-,30-28-. The van der Waals surface area contributed by atoms with E-state index in [0.717, 1.165) is 64.2 Å². The molecule has 0 N–H and O–H groups in total. The van der Waals surface area contributed by atoms with Crippen LogP contribution in [0.5, 0.6) is 0 Å². The van der Waals surface area contributed by atoms with Crippen molar-refractivity contribution in [2.75, 3.05) is 13.2 Å². The molecular weight excluding hydrogens is 937 g/mol. The first-order valence-corrected chi connectivity index (χ1v) is 34.3. The topological polar surface area (TPSA) is 78.9 Å². The van der Waals surface area contributed by atoms with Gasteiger partial charge in [0.25, 0.3) is 0 Å². The number of ether oxygens (including phenoxy) is 3. The summed E-state index contributed by atoms with van der Waals surface area (Å²) in [5, 5.41) is 0. The summed E-state index contributed by atoms with van der Waals surface area (Å²) in [6.45, 7) is 6.69. The van der Waals surface area contributed by atoms with Crippen molar-refractivity contribution >= 4 is 17.9 Å². The largest absolute Gasteiger partial charge is 0.462 e. The fourth-order valence-electron chi connectivity index (χ4n) is 10.5. The number of carbonyl (C=O) groups is 3. The number of rotatable bonds is 64. The van der Waals surface area contributed by atoms with Crippen molar-refractivity contribution in [1.82, 2.24) is 0 Å². The van der Waals surface area contributed by atoms with Crippen LogP contribution < -0.4 is 0 Å². The SMILES string of the molecule is CCCCCCC/C=C\C/C=C\CCCCCCCCCCCCCCCC(=O)OCC(COC(=O)CCCCCCCCCCCC)OC(=O)CCCCCCCCCCCCCCCCCCCCCCCCC. The fraction of sp³-hybridized carbons (Fsp3) is 0.900. The molecule has 0 aliphatic heterocycles. The Morgan fingerprint density at radius 3 is 0.724 bits per heavy atom. The van der Waals surface area contributed by atoms with Gasteiger partial charge >= 0.3 is 17.9 Å². The van der Waals surface area contributed by atoms with Crippen LogP contribution in [0.25, 0.3) is 0 Å². The predicted octanol–water partition coefficient (Wildman–Crippen LogP) is 23.4. The third-order valence-electron chi connectivity index (χ3n) is 15.7. The lowest BCUT2D eigenvalue weighted by Gasteiger charge is -2.18. The molecular formula is C70H132O6. The Hall–Kier alpha value is -2.11. The van der Waals surface area contributed by atoms with Crippen LogP contribution in [-0.4, -0.2) is 37.2 Å². The average Bonchev–Trinajstić information content (AvgIpc) is 3.42. The molecule has 0 aromatic rings. The molecule has 76 heavy (non-hydrogen) atoms. The second-order valence-corrected chi connectivity index (χ2v) is 23.5. The lowest BCUT2D eigenvalue weighted by atomic mass is 10.0. The quantitative estimate of drug-likeness (QED) is 0.0261. The Morgan fingerprint density at radius 2 is 0.474 bits per heavy atom. The van der Waals surface area contributed by atoms with E-state index in [2.05, 4.69) is 45.1 Å². The van der Waals surface area contributed by atoms with Gasteiger partial charge in [0, 0.05) is 19.3 Å². The van der Waals surface area contributed by atoms with Crippen molar-refractivity contribution in [3.8, 4) is 0 Å². The zero-order valence-electron chi connectivity index (χ0n) is 51.6. The molecule has 0 saturated heterocycles. The van der Waals surface area contributed by atoms with Crippen LogP contribution in [0.3, 0.4) is 0 Å². The van der Waals surface area contributed by atoms with Crippen molar-refractivity contribution in [2.45, 2.75) is 393 Å². The summed E-state index contributed by atoms with van der Waals surface area (Å²) in [6, 6.07) is 0. The van der Waals surface area contributed by atoms with Gasteiger partial charge in [0.05, 0.1) is 0 Å². The molecule has 0 rings (SSSR count). The third kappa shape index (κ3) is 62.7. The first-order valence-electron chi connectivity index (χ1n) is 34.3. The monoisotopic (exact) mass is 1070 g/mol. The Balaban J connectivity index is 4.15. The molecule has 0 amide bonds. The maximum absolute atomic E-state index is 12.9. The molecule has 0 radical (unpaired) electrons. The van der Waals surface area contributed by atoms with Crippen molar-refractivity contribution in [3.63, 3.8) is 0 Å². The van der Waals surface area contributed by atoms with Crippen LogP contribution in [-0.2, 0) is 28.6 Å². The zero-order valence-corrected chi connectivity index (χ0v) is 51.6. The number of unbranched alkanes of at least 4 members (excludes halogenated alkanes) is 49. The molecule has 6 nitrogen and oxygen atoms in total. The minimum absolute atomic E-state index is 0.0648. The molecule has 0 aliphatic carbocycles. The highest BCUT2D eigenvalue weighted by Gasteiger charge is 2.19. The first-order chi connectivity index (χ1) is 37.5. The van der Waals surface area contributed by atoms with Gasteiger partial charge in [-0.05, 0) is 51.4 Å². The molecule has 0 fully saturated rings. The van der Waals surface area contributed by atoms with Gasteiger partial charge < -0.3 is 14.2 Å². The zero-order chi connectivity index (χ0) is 55.0. The van der Waals surface area contributed by atoms with Crippen LogP contribution in [0.1, 0.15) is 387 Å². The molecule has 0 aromatic carbocycles. The second-order valence-electron chi connectivity index (χ2n) is 23.5. The minimum atomic E-state index is -0.767. The van der Waals surface area contributed by atoms with E-state index in [1.165, 1.54) is 283 Å². The minimum Gasteiger partial charge on any atom is -0.462 e. The van der Waals surface area contributed by atoms with Crippen molar-refractivity contribution < 1.29 is 28.6 Å². The van der Waals surface area contributed by atoms with E-state index < -0.39 is 6.10 Å². The van der Waals surface area contributed by atoms with Gasteiger partial charge in [0.2, 0.25) is 0 Å². The normalized spacial score (nSPS) is 12.1. The number of hydrogen-bond donors (Lipinski definition) is 0. The molecule has 1 unspecified atom stereocenters. The highest BCUT2D eigenvalue weighted by Crippen LogP contribution is 2.18. The molecule has 0 saturated carbocycles. The van der Waals surface area contributed by atoms with Crippen LogP contribution in [0.15, 0.2) is 24.3 Å². The highest BCUT2D eigenvalue weighted by molar-refractivity contribution is 5.71. The highest BCUT2D eigenvalue weighted by atomic mass is 16.6. The van der Waals surface area contributed by atoms with E-state index >= 15 is 0 Å². The summed E-state index contributed by atoms with van der Waals surface area (Å²) in [4.78, 5) is 38.3. The first kappa shape index (κ1) is 73.9. The summed E-state index contributed by atoms with van der Waals surface area (Å²) in [6.07, 6.45) is 79.2. The van der Waals surface area contributed by atoms with Crippen molar-refractivity contribution in [1.29, 1.82) is 0 Å². The second kappa shape index (κ2) is 65.4. The molecule has 0 aliphatic rings. The lowest BCUT2D eigenvalue weighted by Crippen LogP contribution is -2.30. The molecule has 1 atom stereocenters. The predicted molar refractivity (Wildman–Crippen MR) is 330 cm³/mol. The van der Waals surface area contributed by atoms with Gasteiger partial charge in [0.15, 0.2) is 6.10 Å². The molecule has 0 spiro atoms. The van der Waals surface area contributed by atoms with E-state index in [0.29, 0.717) is 19.3 Å². The smallest absolute Gasteiger partial charge is 0.306 e. The van der Waals surface area contributed by atoms with E-state index in [-0.39, 0.29) is 31.1 Å². The lowest BCUT2D eigenvalue weighted by molar-refractivity contribution is -0.167. The van der Waals surface area contributed by atoms with Crippen LogP contribution in [0, 0.1) is 0 Å². The summed E-state index contributed by atoms with van der Waals surface area (Å²) in [5.41, 5.74) is 0. The van der Waals surface area contributed by atoms with Crippen LogP contribution in [0.4, 0.5) is 0 Å². The number of hydrogen-bond acceptors (Lipinski definition) is 6. The van der Waals surface area contributed by atoms with E-state index in [1.54, 1.807) is 0 Å². The maximum Gasteiger partial charge on any atom is 0.306 e. The third-order valence-corrected chi connectivity index (χ3v) is 15.7. The molecule has 448 valence electrons. The van der Waals surface area contributed by atoms with Crippen LogP contribution >= 0.6 is 0 Å². The molecule has 0 aromatic heterocycles. The van der Waals surface area contributed by atoms with Gasteiger partial charge in [-0.15, -0.1) is 0 Å². The molecule has 0 heterocycles. The Labute approximate surface area is 474 Å². The van der Waals surface area contributed by atoms with Gasteiger partial charge in [0.1, 0.15) is 13.2 Å².